The summed E-state index contributed by atoms with van der Waals surface area (Å²) in [4.78, 5) is 11.8. The summed E-state index contributed by atoms with van der Waals surface area (Å²) in [5.41, 5.74) is 0.869. The Kier molecular flexibility index (Phi) is 4.15. The molecule has 0 radical (unpaired) electrons. The Labute approximate surface area is 125 Å². The highest BCUT2D eigenvalue weighted by molar-refractivity contribution is 5.80. The van der Waals surface area contributed by atoms with Gasteiger partial charge in [0.05, 0.1) is 6.20 Å². The van der Waals surface area contributed by atoms with E-state index in [4.69, 9.17) is 4.74 Å². The number of carbonyl (C=O) groups is 1. The zero-order valence-electron chi connectivity index (χ0n) is 11.8. The summed E-state index contributed by atoms with van der Waals surface area (Å²) in [6, 6.07) is 3.28. The second-order valence-corrected chi connectivity index (χ2v) is 5.11. The van der Waals surface area contributed by atoms with Gasteiger partial charge in [0.15, 0.2) is 5.82 Å². The Morgan fingerprint density at radius 2 is 2.32 bits per heavy atom. The fourth-order valence-electron chi connectivity index (χ4n) is 2.34. The summed E-state index contributed by atoms with van der Waals surface area (Å²) in [6.45, 7) is 0.890. The number of benzene rings is 1. The minimum absolute atomic E-state index is 0.151. The first-order chi connectivity index (χ1) is 10.6. The molecule has 0 aliphatic carbocycles. The zero-order chi connectivity index (χ0) is 15.5. The van der Waals surface area contributed by atoms with Crippen LogP contribution in [0.4, 0.5) is 8.78 Å². The van der Waals surface area contributed by atoms with Crippen LogP contribution in [-0.4, -0.2) is 28.4 Å². The Hall–Kier alpha value is -2.28. The Bertz CT molecular complexity index is 681. The summed E-state index contributed by atoms with van der Waals surface area (Å²) in [5, 5.41) is 6.78. The molecule has 0 saturated carbocycles. The van der Waals surface area contributed by atoms with E-state index in [9.17, 15) is 13.6 Å². The van der Waals surface area contributed by atoms with Gasteiger partial charge in [-0.1, -0.05) is 0 Å². The maximum Gasteiger partial charge on any atom is 0.249 e. The molecular formula is C15H15F2N3O2. The summed E-state index contributed by atoms with van der Waals surface area (Å²) >= 11 is 0. The van der Waals surface area contributed by atoms with Crippen LogP contribution >= 0.6 is 0 Å². The molecule has 1 aromatic carbocycles. The molecule has 7 heteroatoms. The number of nitrogens with zero attached hydrogens (tertiary/aromatic N) is 2. The molecule has 1 unspecified atom stereocenters. The van der Waals surface area contributed by atoms with E-state index < -0.39 is 11.6 Å². The molecule has 1 N–H and O–H groups in total. The molecule has 22 heavy (non-hydrogen) atoms. The molecule has 1 atom stereocenters. The van der Waals surface area contributed by atoms with E-state index in [2.05, 4.69) is 10.4 Å². The van der Waals surface area contributed by atoms with Crippen LogP contribution in [0.25, 0.3) is 5.69 Å². The number of aromatic nitrogens is 2. The average Bonchev–Trinajstić information content (AvgIpc) is 3.16. The van der Waals surface area contributed by atoms with Crippen LogP contribution in [0, 0.1) is 11.6 Å². The van der Waals surface area contributed by atoms with E-state index in [1.54, 1.807) is 6.20 Å². The highest BCUT2D eigenvalue weighted by atomic mass is 19.1. The summed E-state index contributed by atoms with van der Waals surface area (Å²) in [5.74, 6) is -1.49. The van der Waals surface area contributed by atoms with Gasteiger partial charge >= 0.3 is 0 Å². The van der Waals surface area contributed by atoms with Gasteiger partial charge in [-0.25, -0.2) is 13.5 Å². The highest BCUT2D eigenvalue weighted by Crippen LogP contribution is 2.15. The van der Waals surface area contributed by atoms with Gasteiger partial charge in [-0.15, -0.1) is 0 Å². The predicted octanol–water partition coefficient (Wildman–Crippen LogP) is 1.95. The lowest BCUT2D eigenvalue weighted by atomic mass is 10.2. The van der Waals surface area contributed by atoms with Crippen molar-refractivity contribution in [1.82, 2.24) is 15.1 Å². The van der Waals surface area contributed by atoms with Gasteiger partial charge in [0.1, 0.15) is 17.6 Å². The third kappa shape index (κ3) is 3.14. The Morgan fingerprint density at radius 3 is 3.05 bits per heavy atom. The second-order valence-electron chi connectivity index (χ2n) is 5.11. The number of carbonyl (C=O) groups excluding carboxylic acids is 1. The third-order valence-electron chi connectivity index (χ3n) is 3.48. The molecule has 1 fully saturated rings. The van der Waals surface area contributed by atoms with Crippen LogP contribution in [0.15, 0.2) is 30.6 Å². The number of amides is 1. The lowest BCUT2D eigenvalue weighted by Gasteiger charge is -2.09. The number of nitrogens with one attached hydrogen (secondary N) is 1. The fraction of sp³-hybridized carbons (Fsp3) is 0.333. The molecule has 1 aliphatic rings. The number of halogens is 2. The third-order valence-corrected chi connectivity index (χ3v) is 3.48. The molecule has 0 bridgehead atoms. The van der Waals surface area contributed by atoms with Crippen molar-refractivity contribution in [1.29, 1.82) is 0 Å². The fourth-order valence-corrected chi connectivity index (χ4v) is 2.34. The van der Waals surface area contributed by atoms with Gasteiger partial charge in [-0.3, -0.25) is 4.79 Å². The van der Waals surface area contributed by atoms with Crippen molar-refractivity contribution in [2.45, 2.75) is 25.5 Å². The largest absolute Gasteiger partial charge is 0.368 e. The van der Waals surface area contributed by atoms with E-state index in [1.807, 2.05) is 0 Å². The summed E-state index contributed by atoms with van der Waals surface area (Å²) in [7, 11) is 0. The Balaban J connectivity index is 1.64. The monoisotopic (exact) mass is 307 g/mol. The van der Waals surface area contributed by atoms with Gasteiger partial charge in [0.25, 0.3) is 0 Å². The smallest absolute Gasteiger partial charge is 0.249 e. The molecule has 0 spiro atoms. The van der Waals surface area contributed by atoms with Gasteiger partial charge in [-0.05, 0) is 25.0 Å². The number of rotatable bonds is 4. The maximum atomic E-state index is 13.7. The molecule has 2 heterocycles. The molecule has 1 aliphatic heterocycles. The SMILES string of the molecule is O=C(NCc1cnn(-c2ccc(F)cc2F)c1)C1CCCO1. The average molecular weight is 307 g/mol. The van der Waals surface area contributed by atoms with E-state index >= 15 is 0 Å². The van der Waals surface area contributed by atoms with Crippen LogP contribution in [0.5, 0.6) is 0 Å². The number of ether oxygens (including phenoxy) is 1. The molecule has 116 valence electrons. The van der Waals surface area contributed by atoms with Crippen molar-refractivity contribution >= 4 is 5.91 Å². The van der Waals surface area contributed by atoms with Crippen LogP contribution in [0.1, 0.15) is 18.4 Å². The van der Waals surface area contributed by atoms with E-state index in [-0.39, 0.29) is 24.2 Å². The Morgan fingerprint density at radius 1 is 1.45 bits per heavy atom. The van der Waals surface area contributed by atoms with E-state index in [0.717, 1.165) is 24.5 Å². The standard InChI is InChI=1S/C15H15F2N3O2/c16-11-3-4-13(12(17)6-11)20-9-10(8-19-20)7-18-15(21)14-2-1-5-22-14/h3-4,6,8-9,14H,1-2,5,7H2,(H,18,21). The number of hydrogen-bond donors (Lipinski definition) is 1. The van der Waals surface area contributed by atoms with Crippen molar-refractivity contribution in [2.24, 2.45) is 0 Å². The maximum absolute atomic E-state index is 13.7. The molecule has 1 amide bonds. The van der Waals surface area contributed by atoms with Gasteiger partial charge in [-0.2, -0.15) is 5.10 Å². The summed E-state index contributed by atoms with van der Waals surface area (Å²) in [6.07, 6.45) is 4.35. The van der Waals surface area contributed by atoms with Crippen LogP contribution in [-0.2, 0) is 16.1 Å². The van der Waals surface area contributed by atoms with Crippen molar-refractivity contribution < 1.29 is 18.3 Å². The minimum Gasteiger partial charge on any atom is -0.368 e. The molecule has 5 nitrogen and oxygen atoms in total. The van der Waals surface area contributed by atoms with Crippen LogP contribution in [0.3, 0.4) is 0 Å². The van der Waals surface area contributed by atoms with E-state index in [0.29, 0.717) is 6.61 Å². The highest BCUT2D eigenvalue weighted by Gasteiger charge is 2.23. The van der Waals surface area contributed by atoms with Crippen molar-refractivity contribution in [2.75, 3.05) is 6.61 Å². The first-order valence-electron chi connectivity index (χ1n) is 7.02. The van der Waals surface area contributed by atoms with Crippen LogP contribution in [0.2, 0.25) is 0 Å². The molecule has 3 rings (SSSR count). The first-order valence-corrected chi connectivity index (χ1v) is 7.02. The minimum atomic E-state index is -0.696. The molecule has 1 saturated heterocycles. The van der Waals surface area contributed by atoms with Crippen molar-refractivity contribution in [3.8, 4) is 5.69 Å². The molecule has 2 aromatic rings. The lowest BCUT2D eigenvalue weighted by molar-refractivity contribution is -0.130. The summed E-state index contributed by atoms with van der Waals surface area (Å²) < 4.78 is 33.2. The second kappa shape index (κ2) is 6.23. The quantitative estimate of drug-likeness (QED) is 0.939. The normalized spacial score (nSPS) is 17.6. The molecular weight excluding hydrogens is 292 g/mol. The lowest BCUT2D eigenvalue weighted by Crippen LogP contribution is -2.33. The van der Waals surface area contributed by atoms with Crippen molar-refractivity contribution in [3.05, 3.63) is 47.8 Å². The van der Waals surface area contributed by atoms with Crippen LogP contribution < -0.4 is 5.32 Å². The zero-order valence-corrected chi connectivity index (χ0v) is 11.8. The van der Waals surface area contributed by atoms with Crippen molar-refractivity contribution in [3.63, 3.8) is 0 Å². The van der Waals surface area contributed by atoms with Gasteiger partial charge in [0.2, 0.25) is 5.91 Å². The van der Waals surface area contributed by atoms with Gasteiger partial charge < -0.3 is 10.1 Å². The first kappa shape index (κ1) is 14.6. The molecule has 1 aromatic heterocycles. The number of hydrogen-bond acceptors (Lipinski definition) is 3. The predicted molar refractivity (Wildman–Crippen MR) is 74.3 cm³/mol. The topological polar surface area (TPSA) is 56.2 Å². The van der Waals surface area contributed by atoms with Gasteiger partial charge in [0, 0.05) is 31.0 Å². The van der Waals surface area contributed by atoms with E-state index in [1.165, 1.54) is 23.0 Å².